The van der Waals surface area contributed by atoms with E-state index in [1.807, 2.05) is 13.0 Å². The normalized spacial score (nSPS) is 10.7. The average molecular weight is 231 g/mol. The van der Waals surface area contributed by atoms with Crippen molar-refractivity contribution in [2.24, 2.45) is 0 Å². The fourth-order valence-corrected chi connectivity index (χ4v) is 1.16. The average Bonchev–Trinajstić information content (AvgIpc) is 2.35. The number of amides is 1. The number of rotatable bonds is 4. The Morgan fingerprint density at radius 1 is 1.59 bits per heavy atom. The summed E-state index contributed by atoms with van der Waals surface area (Å²) < 4.78 is 0. The molecule has 0 aliphatic rings. The fraction of sp³-hybridized carbons (Fsp3) is 0.250. The van der Waals surface area contributed by atoms with Gasteiger partial charge in [-0.25, -0.2) is 0 Å². The van der Waals surface area contributed by atoms with Crippen molar-refractivity contribution in [2.75, 3.05) is 6.54 Å². The molecule has 5 nitrogen and oxygen atoms in total. The van der Waals surface area contributed by atoms with Crippen LogP contribution in [0.1, 0.15) is 18.9 Å². The van der Waals surface area contributed by atoms with Crippen molar-refractivity contribution in [3.8, 4) is 6.07 Å². The molecule has 17 heavy (non-hydrogen) atoms. The van der Waals surface area contributed by atoms with Gasteiger partial charge < -0.3 is 10.3 Å². The predicted octanol–water partition coefficient (Wildman–Crippen LogP) is 0.808. The molecular weight excluding hydrogens is 218 g/mol. The second kappa shape index (κ2) is 6.28. The summed E-state index contributed by atoms with van der Waals surface area (Å²) in [6.45, 7) is 2.46. The van der Waals surface area contributed by atoms with Crippen LogP contribution in [0.25, 0.3) is 6.08 Å². The van der Waals surface area contributed by atoms with Crippen molar-refractivity contribution in [1.82, 2.24) is 10.3 Å². The molecule has 0 unspecified atom stereocenters. The van der Waals surface area contributed by atoms with Gasteiger partial charge in [0.2, 0.25) is 5.56 Å². The highest BCUT2D eigenvalue weighted by atomic mass is 16.1. The van der Waals surface area contributed by atoms with Gasteiger partial charge in [-0.3, -0.25) is 9.59 Å². The maximum atomic E-state index is 11.5. The van der Waals surface area contributed by atoms with E-state index in [1.54, 1.807) is 6.07 Å². The van der Waals surface area contributed by atoms with E-state index in [0.717, 1.165) is 6.42 Å². The Kier molecular flexibility index (Phi) is 4.70. The number of aromatic nitrogens is 1. The number of H-pyrrole nitrogens is 1. The zero-order valence-corrected chi connectivity index (χ0v) is 9.49. The van der Waals surface area contributed by atoms with E-state index in [1.165, 1.54) is 18.3 Å². The molecule has 88 valence electrons. The first-order chi connectivity index (χ1) is 8.17. The summed E-state index contributed by atoms with van der Waals surface area (Å²) in [4.78, 5) is 24.8. The van der Waals surface area contributed by atoms with Gasteiger partial charge in [-0.2, -0.15) is 5.26 Å². The molecule has 0 aliphatic heterocycles. The lowest BCUT2D eigenvalue weighted by Crippen LogP contribution is -2.25. The van der Waals surface area contributed by atoms with E-state index in [9.17, 15) is 9.59 Å². The second-order valence-corrected chi connectivity index (χ2v) is 3.41. The van der Waals surface area contributed by atoms with E-state index < -0.39 is 5.91 Å². The van der Waals surface area contributed by atoms with Crippen LogP contribution in [-0.4, -0.2) is 17.4 Å². The SMILES string of the molecule is CCCNC(=O)/C(C#N)=C/c1ccc(=O)[nH]c1. The Balaban J connectivity index is 2.87. The van der Waals surface area contributed by atoms with Crippen molar-refractivity contribution in [2.45, 2.75) is 13.3 Å². The minimum Gasteiger partial charge on any atom is -0.351 e. The van der Waals surface area contributed by atoms with Crippen molar-refractivity contribution in [1.29, 1.82) is 5.26 Å². The van der Waals surface area contributed by atoms with Crippen LogP contribution >= 0.6 is 0 Å². The first-order valence-electron chi connectivity index (χ1n) is 5.26. The molecule has 1 amide bonds. The van der Waals surface area contributed by atoms with E-state index >= 15 is 0 Å². The quantitative estimate of drug-likeness (QED) is 0.594. The van der Waals surface area contributed by atoms with Crippen LogP contribution in [0.3, 0.4) is 0 Å². The Morgan fingerprint density at radius 3 is 2.88 bits per heavy atom. The molecule has 0 saturated heterocycles. The van der Waals surface area contributed by atoms with Gasteiger partial charge in [-0.05, 0) is 24.1 Å². The lowest BCUT2D eigenvalue weighted by molar-refractivity contribution is -0.117. The van der Waals surface area contributed by atoms with Crippen LogP contribution in [-0.2, 0) is 4.79 Å². The third-order valence-corrected chi connectivity index (χ3v) is 2.02. The van der Waals surface area contributed by atoms with E-state index in [2.05, 4.69) is 10.3 Å². The Bertz CT molecular complexity index is 503. The van der Waals surface area contributed by atoms with Gasteiger partial charge in [-0.1, -0.05) is 6.92 Å². The Labute approximate surface area is 98.8 Å². The summed E-state index contributed by atoms with van der Waals surface area (Å²) >= 11 is 0. The molecule has 0 atom stereocenters. The molecule has 0 fully saturated rings. The summed E-state index contributed by atoms with van der Waals surface area (Å²) in [5, 5.41) is 11.5. The molecule has 2 N–H and O–H groups in total. The van der Waals surface area contributed by atoms with Gasteiger partial charge in [0.05, 0.1) is 0 Å². The first-order valence-corrected chi connectivity index (χ1v) is 5.26. The monoisotopic (exact) mass is 231 g/mol. The first kappa shape index (κ1) is 12.7. The van der Waals surface area contributed by atoms with Crippen molar-refractivity contribution < 1.29 is 4.79 Å². The molecule has 0 bridgehead atoms. The standard InChI is InChI=1S/C12H13N3O2/c1-2-5-14-12(17)10(7-13)6-9-3-4-11(16)15-8-9/h3-4,6,8H,2,5H2,1H3,(H,14,17)(H,15,16)/b10-6+. The molecule has 0 aliphatic carbocycles. The van der Waals surface area contributed by atoms with Crippen molar-refractivity contribution in [3.05, 3.63) is 39.8 Å². The topological polar surface area (TPSA) is 85.8 Å². The largest absolute Gasteiger partial charge is 0.351 e. The number of nitriles is 1. The van der Waals surface area contributed by atoms with Gasteiger partial charge >= 0.3 is 0 Å². The summed E-state index contributed by atoms with van der Waals surface area (Å²) in [7, 11) is 0. The van der Waals surface area contributed by atoms with Crippen LogP contribution in [0.15, 0.2) is 28.7 Å². The van der Waals surface area contributed by atoms with E-state index in [4.69, 9.17) is 5.26 Å². The van der Waals surface area contributed by atoms with E-state index in [-0.39, 0.29) is 11.1 Å². The fourth-order valence-electron chi connectivity index (χ4n) is 1.16. The molecule has 1 heterocycles. The molecule has 5 heteroatoms. The number of carbonyl (C=O) groups is 1. The van der Waals surface area contributed by atoms with Crippen LogP contribution in [0.2, 0.25) is 0 Å². The maximum absolute atomic E-state index is 11.5. The van der Waals surface area contributed by atoms with Gasteiger partial charge in [-0.15, -0.1) is 0 Å². The highest BCUT2D eigenvalue weighted by Crippen LogP contribution is 2.03. The summed E-state index contributed by atoms with van der Waals surface area (Å²) in [5.41, 5.74) is 0.398. The second-order valence-electron chi connectivity index (χ2n) is 3.41. The number of aromatic amines is 1. The minimum atomic E-state index is -0.402. The molecule has 0 radical (unpaired) electrons. The Hall–Kier alpha value is -2.35. The van der Waals surface area contributed by atoms with Crippen molar-refractivity contribution >= 4 is 12.0 Å². The van der Waals surface area contributed by atoms with E-state index in [0.29, 0.717) is 12.1 Å². The zero-order valence-electron chi connectivity index (χ0n) is 9.49. The zero-order chi connectivity index (χ0) is 12.7. The molecule has 0 spiro atoms. The van der Waals surface area contributed by atoms with Gasteiger partial charge in [0.1, 0.15) is 11.6 Å². The van der Waals surface area contributed by atoms with Crippen LogP contribution in [0.5, 0.6) is 0 Å². The number of nitrogens with one attached hydrogen (secondary N) is 2. The highest BCUT2D eigenvalue weighted by molar-refractivity contribution is 6.01. The number of pyridine rings is 1. The molecule has 1 aromatic heterocycles. The predicted molar refractivity (Wildman–Crippen MR) is 64.0 cm³/mol. The summed E-state index contributed by atoms with van der Waals surface area (Å²) in [6, 6.07) is 4.71. The highest BCUT2D eigenvalue weighted by Gasteiger charge is 2.07. The van der Waals surface area contributed by atoms with Crippen LogP contribution in [0, 0.1) is 11.3 Å². The Morgan fingerprint density at radius 2 is 2.35 bits per heavy atom. The maximum Gasteiger partial charge on any atom is 0.261 e. The lowest BCUT2D eigenvalue weighted by atomic mass is 10.1. The van der Waals surface area contributed by atoms with Crippen molar-refractivity contribution in [3.63, 3.8) is 0 Å². The van der Waals surface area contributed by atoms with Crippen LogP contribution in [0.4, 0.5) is 0 Å². The number of hydrogen-bond acceptors (Lipinski definition) is 3. The number of hydrogen-bond donors (Lipinski definition) is 2. The molecule has 1 aromatic rings. The summed E-state index contributed by atoms with van der Waals surface area (Å²) in [6.07, 6.45) is 3.69. The van der Waals surface area contributed by atoms with Gasteiger partial charge in [0, 0.05) is 18.8 Å². The molecule has 1 rings (SSSR count). The van der Waals surface area contributed by atoms with Gasteiger partial charge in [0.25, 0.3) is 5.91 Å². The summed E-state index contributed by atoms with van der Waals surface area (Å²) in [5.74, 6) is -0.402. The van der Waals surface area contributed by atoms with Gasteiger partial charge in [0.15, 0.2) is 0 Å². The van der Waals surface area contributed by atoms with Crippen LogP contribution < -0.4 is 10.9 Å². The molecule has 0 saturated carbocycles. The number of carbonyl (C=O) groups excluding carboxylic acids is 1. The lowest BCUT2D eigenvalue weighted by Gasteiger charge is -2.01. The smallest absolute Gasteiger partial charge is 0.261 e. The third-order valence-electron chi connectivity index (χ3n) is 2.02. The molecule has 0 aromatic carbocycles. The number of nitrogens with zero attached hydrogens (tertiary/aromatic N) is 1. The third kappa shape index (κ3) is 3.95. The molecular formula is C12H13N3O2. The minimum absolute atomic E-state index is 0.0190.